The van der Waals surface area contributed by atoms with E-state index in [2.05, 4.69) is 23.5 Å². The number of anilines is 1. The molecule has 5 rings (SSSR count). The zero-order chi connectivity index (χ0) is 24.4. The first-order valence-electron chi connectivity index (χ1n) is 11.8. The molecule has 2 aliphatic carbocycles. The number of hydrogen-bond acceptors (Lipinski definition) is 7. The van der Waals surface area contributed by atoms with Gasteiger partial charge in [0.1, 0.15) is 16.1 Å². The molecule has 0 unspecified atom stereocenters. The van der Waals surface area contributed by atoms with Crippen molar-refractivity contribution in [3.8, 4) is 16.5 Å². The van der Waals surface area contributed by atoms with E-state index in [1.165, 1.54) is 41.3 Å². The molecule has 0 bridgehead atoms. The lowest BCUT2D eigenvalue weighted by Gasteiger charge is -2.16. The van der Waals surface area contributed by atoms with Gasteiger partial charge in [0.25, 0.3) is 0 Å². The topological polar surface area (TPSA) is 92.1 Å². The minimum Gasteiger partial charge on any atom is -0.465 e. The third kappa shape index (κ3) is 4.71. The number of nitrogens with one attached hydrogen (secondary N) is 1. The summed E-state index contributed by atoms with van der Waals surface area (Å²) in [4.78, 5) is 31.2. The number of pyridine rings is 1. The van der Waals surface area contributed by atoms with E-state index in [4.69, 9.17) is 9.72 Å². The molecule has 6 nitrogen and oxygen atoms in total. The van der Waals surface area contributed by atoms with Gasteiger partial charge in [-0.15, -0.1) is 23.1 Å². The number of hydrogen-bond donors (Lipinski definition) is 1. The molecule has 0 aliphatic heterocycles. The van der Waals surface area contributed by atoms with Gasteiger partial charge in [0.2, 0.25) is 5.91 Å². The molecule has 0 saturated heterocycles. The molecule has 0 radical (unpaired) electrons. The largest absolute Gasteiger partial charge is 0.465 e. The number of esters is 1. The van der Waals surface area contributed by atoms with Crippen LogP contribution in [0.15, 0.2) is 35.4 Å². The summed E-state index contributed by atoms with van der Waals surface area (Å²) in [5.74, 6) is -0.109. The minimum absolute atomic E-state index is 0.175. The van der Waals surface area contributed by atoms with Crippen molar-refractivity contribution in [3.63, 3.8) is 0 Å². The SMILES string of the molecule is COC(=O)c1c(NC(=O)CCSc2nc3c(cc2C#N)CCCC3)sc2c1CCc1ccccc1-2. The van der Waals surface area contributed by atoms with Crippen LogP contribution < -0.4 is 5.32 Å². The van der Waals surface area contributed by atoms with E-state index < -0.39 is 5.97 Å². The molecule has 1 aromatic carbocycles. The molecule has 0 spiro atoms. The van der Waals surface area contributed by atoms with Crippen LogP contribution in [0.5, 0.6) is 0 Å². The standard InChI is InChI=1S/C27H25N3O3S2/c1-33-27(32)23-20-11-10-16-6-2-4-8-19(16)24(20)35-26(23)30-22(31)12-13-34-25-18(15-28)14-17-7-3-5-9-21(17)29-25/h2,4,6,8,14H,3,5,7,9-13H2,1H3,(H,30,31). The van der Waals surface area contributed by atoms with Gasteiger partial charge in [0.15, 0.2) is 0 Å². The fourth-order valence-corrected chi connectivity index (χ4v) is 7.01. The van der Waals surface area contributed by atoms with Gasteiger partial charge in [-0.2, -0.15) is 5.26 Å². The molecule has 8 heteroatoms. The van der Waals surface area contributed by atoms with Crippen LogP contribution in [0.2, 0.25) is 0 Å². The molecule has 1 amide bonds. The monoisotopic (exact) mass is 503 g/mol. The van der Waals surface area contributed by atoms with Gasteiger partial charge in [0.05, 0.1) is 18.2 Å². The lowest BCUT2D eigenvalue weighted by Crippen LogP contribution is -2.15. The van der Waals surface area contributed by atoms with Gasteiger partial charge in [-0.1, -0.05) is 24.3 Å². The second-order valence-electron chi connectivity index (χ2n) is 8.68. The number of nitriles is 1. The molecule has 0 saturated carbocycles. The molecule has 2 heterocycles. The fraction of sp³-hybridized carbons (Fsp3) is 0.333. The maximum atomic E-state index is 12.9. The van der Waals surface area contributed by atoms with Crippen LogP contribution >= 0.6 is 23.1 Å². The number of thiophene rings is 1. The Hall–Kier alpha value is -3.15. The van der Waals surface area contributed by atoms with Crippen molar-refractivity contribution in [3.05, 3.63) is 63.8 Å². The summed E-state index contributed by atoms with van der Waals surface area (Å²) in [5.41, 5.74) is 6.60. The second-order valence-corrected chi connectivity index (χ2v) is 10.8. The Balaban J connectivity index is 1.31. The van der Waals surface area contributed by atoms with Crippen LogP contribution in [0.4, 0.5) is 5.00 Å². The highest BCUT2D eigenvalue weighted by Crippen LogP contribution is 2.45. The highest BCUT2D eigenvalue weighted by molar-refractivity contribution is 7.99. The maximum absolute atomic E-state index is 12.9. The number of thioether (sulfide) groups is 1. The summed E-state index contributed by atoms with van der Waals surface area (Å²) < 4.78 is 5.05. The van der Waals surface area contributed by atoms with Crippen molar-refractivity contribution in [1.29, 1.82) is 5.26 Å². The predicted molar refractivity (Wildman–Crippen MR) is 138 cm³/mol. The van der Waals surface area contributed by atoms with Crippen LogP contribution in [0.3, 0.4) is 0 Å². The lowest BCUT2D eigenvalue weighted by atomic mass is 9.89. The minimum atomic E-state index is -0.427. The first kappa shape index (κ1) is 23.6. The summed E-state index contributed by atoms with van der Waals surface area (Å²) in [5, 5.41) is 13.7. The highest BCUT2D eigenvalue weighted by Gasteiger charge is 2.29. The van der Waals surface area contributed by atoms with E-state index in [9.17, 15) is 14.9 Å². The van der Waals surface area contributed by atoms with E-state index in [0.29, 0.717) is 26.9 Å². The molecule has 2 aliphatic rings. The molecule has 178 valence electrons. The van der Waals surface area contributed by atoms with Crippen LogP contribution in [0.1, 0.15) is 57.6 Å². The number of carbonyl (C=O) groups is 2. The summed E-state index contributed by atoms with van der Waals surface area (Å²) in [7, 11) is 1.36. The number of nitrogens with zero attached hydrogens (tertiary/aromatic N) is 2. The number of methoxy groups -OCH3 is 1. The van der Waals surface area contributed by atoms with Crippen molar-refractivity contribution in [2.45, 2.75) is 50.0 Å². The summed E-state index contributed by atoms with van der Waals surface area (Å²) >= 11 is 2.87. The van der Waals surface area contributed by atoms with E-state index in [-0.39, 0.29) is 12.3 Å². The first-order valence-corrected chi connectivity index (χ1v) is 13.6. The van der Waals surface area contributed by atoms with Crippen LogP contribution in [-0.2, 0) is 35.2 Å². The Labute approximate surface area is 212 Å². The molecule has 2 aromatic heterocycles. The number of amides is 1. The van der Waals surface area contributed by atoms with Crippen molar-refractivity contribution in [2.24, 2.45) is 0 Å². The Morgan fingerprint density at radius 3 is 2.83 bits per heavy atom. The number of fused-ring (bicyclic) bond motifs is 4. The van der Waals surface area contributed by atoms with Crippen molar-refractivity contribution in [2.75, 3.05) is 18.2 Å². The third-order valence-electron chi connectivity index (χ3n) is 6.51. The predicted octanol–water partition coefficient (Wildman–Crippen LogP) is 5.57. The molecule has 35 heavy (non-hydrogen) atoms. The summed E-state index contributed by atoms with van der Waals surface area (Å²) in [6.07, 6.45) is 6.00. The average Bonchev–Trinajstić information content (AvgIpc) is 3.26. The Bertz CT molecular complexity index is 1360. The summed E-state index contributed by atoms with van der Waals surface area (Å²) in [6, 6.07) is 12.4. The molecule has 0 fully saturated rings. The molecule has 0 atom stereocenters. The third-order valence-corrected chi connectivity index (χ3v) is 8.68. The van der Waals surface area contributed by atoms with Crippen molar-refractivity contribution in [1.82, 2.24) is 4.98 Å². The Kier molecular flexibility index (Phi) is 6.89. The molecular formula is C27H25N3O3S2. The number of aryl methyl sites for hydroxylation is 3. The van der Waals surface area contributed by atoms with Crippen LogP contribution in [0.25, 0.3) is 10.4 Å². The summed E-state index contributed by atoms with van der Waals surface area (Å²) in [6.45, 7) is 0. The Morgan fingerprint density at radius 2 is 2.00 bits per heavy atom. The van der Waals surface area contributed by atoms with Crippen molar-refractivity contribution < 1.29 is 14.3 Å². The van der Waals surface area contributed by atoms with E-state index in [1.54, 1.807) is 0 Å². The quantitative estimate of drug-likeness (QED) is 0.349. The van der Waals surface area contributed by atoms with Gasteiger partial charge in [-0.05, 0) is 66.8 Å². The Morgan fingerprint density at radius 1 is 1.17 bits per heavy atom. The highest BCUT2D eigenvalue weighted by atomic mass is 32.2. The van der Waals surface area contributed by atoms with Gasteiger partial charge >= 0.3 is 5.97 Å². The van der Waals surface area contributed by atoms with Gasteiger partial charge < -0.3 is 10.1 Å². The van der Waals surface area contributed by atoms with Crippen LogP contribution in [-0.4, -0.2) is 29.7 Å². The second kappa shape index (κ2) is 10.2. The molecular weight excluding hydrogens is 478 g/mol. The number of carbonyl (C=O) groups excluding carboxylic acids is 2. The number of benzene rings is 1. The number of ether oxygens (including phenoxy) is 1. The van der Waals surface area contributed by atoms with Gasteiger partial charge in [0, 0.05) is 22.7 Å². The van der Waals surface area contributed by atoms with Gasteiger partial charge in [-0.3, -0.25) is 4.79 Å². The first-order chi connectivity index (χ1) is 17.1. The smallest absolute Gasteiger partial charge is 0.341 e. The zero-order valence-corrected chi connectivity index (χ0v) is 21.1. The zero-order valence-electron chi connectivity index (χ0n) is 19.5. The lowest BCUT2D eigenvalue weighted by molar-refractivity contribution is -0.115. The number of rotatable bonds is 6. The van der Waals surface area contributed by atoms with Crippen LogP contribution in [0, 0.1) is 11.3 Å². The van der Waals surface area contributed by atoms with E-state index in [1.807, 2.05) is 18.2 Å². The maximum Gasteiger partial charge on any atom is 0.341 e. The fourth-order valence-electron chi connectivity index (χ4n) is 4.78. The number of aromatic nitrogens is 1. The average molecular weight is 504 g/mol. The van der Waals surface area contributed by atoms with E-state index in [0.717, 1.165) is 60.2 Å². The normalized spacial score (nSPS) is 13.7. The molecule has 3 aromatic rings. The van der Waals surface area contributed by atoms with Gasteiger partial charge in [-0.25, -0.2) is 9.78 Å². The van der Waals surface area contributed by atoms with Crippen molar-refractivity contribution >= 4 is 40.0 Å². The van der Waals surface area contributed by atoms with E-state index >= 15 is 0 Å². The molecule has 1 N–H and O–H groups in total.